The standard InChI is InChI=1S/C5H11BO5.BH2O2/c1-5(2,3)10-4(7)11-6(8)9;2-1-3/h8-9H,1-3H3;2-3H. The van der Waals surface area contributed by atoms with Gasteiger partial charge in [0.15, 0.2) is 0 Å². The molecule has 81 valence electrons. The highest BCUT2D eigenvalue weighted by atomic mass is 16.8. The van der Waals surface area contributed by atoms with Crippen LogP contribution in [0, 0.1) is 0 Å². The molecule has 0 fully saturated rings. The van der Waals surface area contributed by atoms with Gasteiger partial charge in [0.25, 0.3) is 0 Å². The molecule has 0 aromatic heterocycles. The molecule has 0 bridgehead atoms. The zero-order valence-corrected chi connectivity index (χ0v) is 8.17. The Hall–Kier alpha value is -0.760. The maximum absolute atomic E-state index is 10.5. The average molecular weight is 207 g/mol. The van der Waals surface area contributed by atoms with Crippen LogP contribution in [0.2, 0.25) is 0 Å². The van der Waals surface area contributed by atoms with Gasteiger partial charge in [-0.1, -0.05) is 0 Å². The van der Waals surface area contributed by atoms with Crippen LogP contribution in [-0.4, -0.2) is 46.9 Å². The van der Waals surface area contributed by atoms with E-state index in [1.807, 2.05) is 0 Å². The van der Waals surface area contributed by atoms with E-state index < -0.39 is 19.1 Å². The van der Waals surface area contributed by atoms with E-state index in [2.05, 4.69) is 9.39 Å². The SMILES string of the molecule is CC(C)(C)OC(=O)OB(O)O.O[B]O. The fourth-order valence-electron chi connectivity index (χ4n) is 0.360. The maximum Gasteiger partial charge on any atom is 0.711 e. The van der Waals surface area contributed by atoms with Gasteiger partial charge in [-0.15, -0.1) is 0 Å². The maximum atomic E-state index is 10.5. The van der Waals surface area contributed by atoms with Gasteiger partial charge in [-0.05, 0) is 20.8 Å². The molecular formula is C5H13B2O7. The lowest BCUT2D eigenvalue weighted by molar-refractivity contribution is 0.0110. The zero-order valence-electron chi connectivity index (χ0n) is 8.17. The highest BCUT2D eigenvalue weighted by molar-refractivity contribution is 6.35. The summed E-state index contributed by atoms with van der Waals surface area (Å²) in [4.78, 5) is 10.5. The first-order chi connectivity index (χ1) is 6.22. The minimum Gasteiger partial charge on any atom is -0.452 e. The van der Waals surface area contributed by atoms with Gasteiger partial charge in [0, 0.05) is 0 Å². The monoisotopic (exact) mass is 207 g/mol. The molecule has 14 heavy (non-hydrogen) atoms. The molecule has 0 aliphatic rings. The molecule has 0 aliphatic heterocycles. The van der Waals surface area contributed by atoms with Crippen LogP contribution in [0.25, 0.3) is 0 Å². The second kappa shape index (κ2) is 7.63. The molecule has 0 unspecified atom stereocenters. The number of ether oxygens (including phenoxy) is 1. The van der Waals surface area contributed by atoms with Crippen molar-refractivity contribution in [2.24, 2.45) is 0 Å². The molecule has 0 aromatic carbocycles. The van der Waals surface area contributed by atoms with Crippen molar-refractivity contribution in [1.82, 2.24) is 0 Å². The van der Waals surface area contributed by atoms with Crippen molar-refractivity contribution in [3.63, 3.8) is 0 Å². The van der Waals surface area contributed by atoms with Crippen LogP contribution < -0.4 is 0 Å². The second-order valence-corrected chi connectivity index (χ2v) is 3.02. The Morgan fingerprint density at radius 3 is 1.86 bits per heavy atom. The van der Waals surface area contributed by atoms with Gasteiger partial charge < -0.3 is 29.5 Å². The van der Waals surface area contributed by atoms with Crippen molar-refractivity contribution < 1.29 is 34.3 Å². The lowest BCUT2D eigenvalue weighted by Gasteiger charge is -2.18. The van der Waals surface area contributed by atoms with E-state index in [0.717, 1.165) is 0 Å². The topological polar surface area (TPSA) is 116 Å². The fraction of sp³-hybridized carbons (Fsp3) is 0.800. The first-order valence-electron chi connectivity index (χ1n) is 3.58. The average Bonchev–Trinajstić information content (AvgIpc) is 1.80. The Kier molecular flexibility index (Phi) is 8.55. The molecule has 0 atom stereocenters. The zero-order chi connectivity index (χ0) is 11.8. The number of hydrogen-bond donors (Lipinski definition) is 4. The summed E-state index contributed by atoms with van der Waals surface area (Å²) < 4.78 is 8.44. The lowest BCUT2D eigenvalue weighted by Crippen LogP contribution is -2.29. The molecule has 0 heterocycles. The molecular weight excluding hydrogens is 194 g/mol. The van der Waals surface area contributed by atoms with E-state index in [4.69, 9.17) is 20.1 Å². The summed E-state index contributed by atoms with van der Waals surface area (Å²) in [5, 5.41) is 30.3. The Morgan fingerprint density at radius 2 is 1.64 bits per heavy atom. The van der Waals surface area contributed by atoms with Gasteiger partial charge in [0.05, 0.1) is 0 Å². The van der Waals surface area contributed by atoms with Crippen molar-refractivity contribution in [2.45, 2.75) is 26.4 Å². The summed E-state index contributed by atoms with van der Waals surface area (Å²) >= 11 is 0. The molecule has 1 radical (unpaired) electrons. The number of rotatable bonds is 1. The van der Waals surface area contributed by atoms with Gasteiger partial charge in [-0.2, -0.15) is 0 Å². The van der Waals surface area contributed by atoms with Crippen molar-refractivity contribution in [3.05, 3.63) is 0 Å². The minimum atomic E-state index is -2.12. The van der Waals surface area contributed by atoms with Gasteiger partial charge in [-0.3, -0.25) is 0 Å². The highest BCUT2D eigenvalue weighted by Gasteiger charge is 2.22. The van der Waals surface area contributed by atoms with Crippen molar-refractivity contribution >= 4 is 21.2 Å². The van der Waals surface area contributed by atoms with Crippen molar-refractivity contribution in [2.75, 3.05) is 0 Å². The van der Waals surface area contributed by atoms with Crippen LogP contribution in [-0.2, 0) is 9.39 Å². The number of carbonyl (C=O) groups excluding carboxylic acids is 1. The van der Waals surface area contributed by atoms with E-state index in [1.165, 1.54) is 0 Å². The van der Waals surface area contributed by atoms with E-state index in [9.17, 15) is 4.79 Å². The second-order valence-electron chi connectivity index (χ2n) is 3.02. The molecule has 9 heteroatoms. The van der Waals surface area contributed by atoms with Crippen molar-refractivity contribution in [3.8, 4) is 0 Å². The molecule has 0 rings (SSSR count). The minimum absolute atomic E-state index is 0. The summed E-state index contributed by atoms with van der Waals surface area (Å²) in [6.45, 7) is 4.91. The molecule has 0 aliphatic carbocycles. The van der Waals surface area contributed by atoms with Gasteiger partial charge in [-0.25, -0.2) is 4.79 Å². The number of carbonyl (C=O) groups is 1. The van der Waals surface area contributed by atoms with Crippen LogP contribution >= 0.6 is 0 Å². The third-order valence-corrected chi connectivity index (χ3v) is 0.591. The third kappa shape index (κ3) is 17.4. The summed E-state index contributed by atoms with van der Waals surface area (Å²) in [5.41, 5.74) is -0.689. The Bertz CT molecular complexity index is 155. The largest absolute Gasteiger partial charge is 0.711 e. The molecule has 0 aromatic rings. The summed E-state index contributed by atoms with van der Waals surface area (Å²) in [6, 6.07) is 0. The van der Waals surface area contributed by atoms with Gasteiger partial charge in [0.1, 0.15) is 5.60 Å². The summed E-state index contributed by atoms with van der Waals surface area (Å²) in [6.07, 6.45) is -1.10. The molecule has 0 amide bonds. The molecule has 0 saturated carbocycles. The molecule has 7 nitrogen and oxygen atoms in total. The van der Waals surface area contributed by atoms with E-state index in [1.54, 1.807) is 20.8 Å². The first-order valence-corrected chi connectivity index (χ1v) is 3.58. The summed E-state index contributed by atoms with van der Waals surface area (Å²) in [5.74, 6) is 0. The molecule has 4 N–H and O–H groups in total. The van der Waals surface area contributed by atoms with Crippen LogP contribution in [0.5, 0.6) is 0 Å². The highest BCUT2D eigenvalue weighted by Crippen LogP contribution is 2.07. The fourth-order valence-corrected chi connectivity index (χ4v) is 0.360. The van der Waals surface area contributed by atoms with Crippen LogP contribution in [0.1, 0.15) is 20.8 Å². The van der Waals surface area contributed by atoms with Crippen molar-refractivity contribution in [1.29, 1.82) is 0 Å². The Morgan fingerprint density at radius 1 is 1.29 bits per heavy atom. The normalized spacial score (nSPS) is 9.36. The van der Waals surface area contributed by atoms with Gasteiger partial charge in [0.2, 0.25) is 0 Å². The van der Waals surface area contributed by atoms with E-state index in [-0.39, 0.29) is 7.69 Å². The molecule has 0 saturated heterocycles. The number of hydrogen-bond acceptors (Lipinski definition) is 7. The predicted molar refractivity (Wildman–Crippen MR) is 47.7 cm³/mol. The quantitative estimate of drug-likeness (QED) is 0.302. The van der Waals surface area contributed by atoms with Crippen LogP contribution in [0.15, 0.2) is 0 Å². The van der Waals surface area contributed by atoms with E-state index >= 15 is 0 Å². The third-order valence-electron chi connectivity index (χ3n) is 0.591. The predicted octanol–water partition coefficient (Wildman–Crippen LogP) is -1.59. The smallest absolute Gasteiger partial charge is 0.452 e. The Balaban J connectivity index is 0. The first kappa shape index (κ1) is 15.7. The van der Waals surface area contributed by atoms with Gasteiger partial charge >= 0.3 is 21.2 Å². The van der Waals surface area contributed by atoms with Crippen LogP contribution in [0.4, 0.5) is 4.79 Å². The van der Waals surface area contributed by atoms with E-state index in [0.29, 0.717) is 0 Å². The lowest BCUT2D eigenvalue weighted by atomic mass is 10.2. The molecule has 0 spiro atoms. The van der Waals surface area contributed by atoms with Crippen LogP contribution in [0.3, 0.4) is 0 Å². The summed E-state index contributed by atoms with van der Waals surface area (Å²) in [7, 11) is -2.12. The Labute approximate surface area is 82.8 Å².